The third kappa shape index (κ3) is 2.07. The van der Waals surface area contributed by atoms with Gasteiger partial charge in [-0.2, -0.15) is 0 Å². The number of hydrogen-bond acceptors (Lipinski definition) is 0. The van der Waals surface area contributed by atoms with E-state index < -0.39 is 0 Å². The Morgan fingerprint density at radius 1 is 0.545 bits per heavy atom. The minimum atomic E-state index is 1.14. The third-order valence-corrected chi connectivity index (χ3v) is 4.86. The maximum absolute atomic E-state index is 2.42. The Balaban J connectivity index is 1.92. The molecule has 22 heavy (non-hydrogen) atoms. The van der Waals surface area contributed by atoms with Crippen LogP contribution in [-0.4, -0.2) is 0 Å². The average molecular weight is 284 g/mol. The van der Waals surface area contributed by atoms with Crippen LogP contribution in [0.1, 0.15) is 22.3 Å². The van der Waals surface area contributed by atoms with E-state index in [1.807, 2.05) is 0 Å². The molecule has 0 amide bonds. The van der Waals surface area contributed by atoms with Crippen LogP contribution in [0.15, 0.2) is 60.7 Å². The summed E-state index contributed by atoms with van der Waals surface area (Å²) in [5.74, 6) is 0. The Bertz CT molecular complexity index is 856. The summed E-state index contributed by atoms with van der Waals surface area (Å²) < 4.78 is 0. The van der Waals surface area contributed by atoms with E-state index in [9.17, 15) is 0 Å². The quantitative estimate of drug-likeness (QED) is 0.535. The monoisotopic (exact) mass is 284 g/mol. The maximum atomic E-state index is 2.42. The zero-order valence-electron chi connectivity index (χ0n) is 13.2. The fourth-order valence-corrected chi connectivity index (χ4v) is 3.65. The molecule has 0 heterocycles. The molecule has 0 saturated carbocycles. The van der Waals surface area contributed by atoms with Crippen LogP contribution in [0.2, 0.25) is 0 Å². The summed E-state index contributed by atoms with van der Waals surface area (Å²) >= 11 is 0. The highest BCUT2D eigenvalue weighted by molar-refractivity contribution is 5.80. The summed E-state index contributed by atoms with van der Waals surface area (Å²) in [4.78, 5) is 0. The number of hydrogen-bond donors (Lipinski definition) is 0. The molecular formula is C22H20. The summed E-state index contributed by atoms with van der Waals surface area (Å²) in [5.41, 5.74) is 11.3. The van der Waals surface area contributed by atoms with Gasteiger partial charge in [0.15, 0.2) is 0 Å². The van der Waals surface area contributed by atoms with Crippen molar-refractivity contribution in [3.63, 3.8) is 0 Å². The summed E-state index contributed by atoms with van der Waals surface area (Å²) in [5, 5.41) is 0. The van der Waals surface area contributed by atoms with Crippen LogP contribution in [0.3, 0.4) is 0 Å². The molecule has 0 spiro atoms. The number of rotatable bonds is 1. The van der Waals surface area contributed by atoms with Crippen LogP contribution in [0.25, 0.3) is 22.3 Å². The van der Waals surface area contributed by atoms with Crippen molar-refractivity contribution in [1.82, 2.24) is 0 Å². The predicted molar refractivity (Wildman–Crippen MR) is 94.2 cm³/mol. The molecule has 1 aliphatic rings. The molecule has 108 valence electrons. The van der Waals surface area contributed by atoms with E-state index in [1.165, 1.54) is 44.5 Å². The molecule has 0 saturated heterocycles. The summed E-state index contributed by atoms with van der Waals surface area (Å²) in [6, 6.07) is 22.3. The van der Waals surface area contributed by atoms with Crippen LogP contribution in [-0.2, 0) is 12.8 Å². The van der Waals surface area contributed by atoms with Gasteiger partial charge < -0.3 is 0 Å². The highest BCUT2D eigenvalue weighted by atomic mass is 14.2. The van der Waals surface area contributed by atoms with Crippen LogP contribution in [0, 0.1) is 13.8 Å². The van der Waals surface area contributed by atoms with Gasteiger partial charge >= 0.3 is 0 Å². The Morgan fingerprint density at radius 2 is 1.23 bits per heavy atom. The molecule has 4 rings (SSSR count). The normalized spacial score (nSPS) is 12.6. The van der Waals surface area contributed by atoms with Gasteiger partial charge in [-0.3, -0.25) is 0 Å². The zero-order chi connectivity index (χ0) is 15.1. The molecule has 0 heteroatoms. The van der Waals surface area contributed by atoms with Gasteiger partial charge in [-0.25, -0.2) is 0 Å². The molecule has 0 fully saturated rings. The van der Waals surface area contributed by atoms with Crippen molar-refractivity contribution in [3.8, 4) is 22.3 Å². The van der Waals surface area contributed by atoms with Gasteiger partial charge in [0.2, 0.25) is 0 Å². The van der Waals surface area contributed by atoms with E-state index in [4.69, 9.17) is 0 Å². The Hall–Kier alpha value is -2.34. The second-order valence-corrected chi connectivity index (χ2v) is 6.30. The fraction of sp³-hybridized carbons (Fsp3) is 0.182. The van der Waals surface area contributed by atoms with Crippen molar-refractivity contribution < 1.29 is 0 Å². The molecule has 0 aromatic heterocycles. The minimum Gasteiger partial charge on any atom is -0.0620 e. The van der Waals surface area contributed by atoms with E-state index >= 15 is 0 Å². The molecule has 0 aliphatic heterocycles. The Kier molecular flexibility index (Phi) is 3.11. The van der Waals surface area contributed by atoms with Crippen molar-refractivity contribution in [2.75, 3.05) is 0 Å². The summed E-state index contributed by atoms with van der Waals surface area (Å²) in [6.45, 7) is 4.43. The van der Waals surface area contributed by atoms with E-state index in [0.717, 1.165) is 12.8 Å². The van der Waals surface area contributed by atoms with E-state index in [-0.39, 0.29) is 0 Å². The van der Waals surface area contributed by atoms with Crippen LogP contribution in [0.4, 0.5) is 0 Å². The van der Waals surface area contributed by atoms with Crippen LogP contribution in [0.5, 0.6) is 0 Å². The number of aryl methyl sites for hydroxylation is 4. The van der Waals surface area contributed by atoms with Crippen molar-refractivity contribution in [2.45, 2.75) is 26.7 Å². The first-order valence-electron chi connectivity index (χ1n) is 8.02. The topological polar surface area (TPSA) is 0 Å². The Morgan fingerprint density at radius 3 is 2.05 bits per heavy atom. The lowest BCUT2D eigenvalue weighted by molar-refractivity contribution is 0.941. The summed E-state index contributed by atoms with van der Waals surface area (Å²) in [6.07, 6.45) is 2.30. The largest absolute Gasteiger partial charge is 0.0620 e. The van der Waals surface area contributed by atoms with Gasteiger partial charge in [-0.15, -0.1) is 0 Å². The number of benzene rings is 3. The first-order chi connectivity index (χ1) is 10.7. The maximum Gasteiger partial charge on any atom is -0.0146 e. The Labute approximate surface area is 132 Å². The molecule has 3 aromatic rings. The smallest absolute Gasteiger partial charge is 0.0146 e. The van der Waals surface area contributed by atoms with Gasteiger partial charge in [0.25, 0.3) is 0 Å². The van der Waals surface area contributed by atoms with Gasteiger partial charge in [-0.1, -0.05) is 60.7 Å². The lowest BCUT2D eigenvalue weighted by atomic mass is 9.82. The van der Waals surface area contributed by atoms with E-state index in [1.54, 1.807) is 0 Å². The van der Waals surface area contributed by atoms with Crippen molar-refractivity contribution in [3.05, 3.63) is 82.9 Å². The molecule has 0 bridgehead atoms. The third-order valence-electron chi connectivity index (χ3n) is 4.86. The molecule has 0 nitrogen and oxygen atoms in total. The van der Waals surface area contributed by atoms with Crippen molar-refractivity contribution in [1.29, 1.82) is 0 Å². The molecule has 1 aliphatic carbocycles. The molecule has 0 N–H and O–H groups in total. The average Bonchev–Trinajstić information content (AvgIpc) is 2.55. The molecule has 0 atom stereocenters. The lowest BCUT2D eigenvalue weighted by Gasteiger charge is -2.22. The minimum absolute atomic E-state index is 1.14. The van der Waals surface area contributed by atoms with Crippen molar-refractivity contribution in [2.24, 2.45) is 0 Å². The van der Waals surface area contributed by atoms with Gasteiger partial charge in [0.05, 0.1) is 0 Å². The van der Waals surface area contributed by atoms with Gasteiger partial charge in [0.1, 0.15) is 0 Å². The van der Waals surface area contributed by atoms with Crippen molar-refractivity contribution >= 4 is 0 Å². The van der Waals surface area contributed by atoms with E-state index in [0.29, 0.717) is 0 Å². The second kappa shape index (κ2) is 5.14. The molecular weight excluding hydrogens is 264 g/mol. The highest BCUT2D eigenvalue weighted by Crippen LogP contribution is 2.38. The fourth-order valence-electron chi connectivity index (χ4n) is 3.65. The first kappa shape index (κ1) is 13.3. The van der Waals surface area contributed by atoms with Crippen LogP contribution < -0.4 is 0 Å². The van der Waals surface area contributed by atoms with Crippen LogP contribution >= 0.6 is 0 Å². The SMILES string of the molecule is Cc1ccccc1-c1cc2c(cc1C)-c1ccccc1CC2. The number of fused-ring (bicyclic) bond motifs is 3. The standard InChI is InChI=1S/C22H20/c1-15-7-3-5-9-19(15)21-14-18-12-11-17-8-4-6-10-20(17)22(18)13-16(21)2/h3-10,13-14H,11-12H2,1-2H3. The molecule has 0 radical (unpaired) electrons. The highest BCUT2D eigenvalue weighted by Gasteiger charge is 2.17. The van der Waals surface area contributed by atoms with Gasteiger partial charge in [-0.05, 0) is 71.2 Å². The van der Waals surface area contributed by atoms with E-state index in [2.05, 4.69) is 74.5 Å². The molecule has 0 unspecified atom stereocenters. The summed E-state index contributed by atoms with van der Waals surface area (Å²) in [7, 11) is 0. The predicted octanol–water partition coefficient (Wildman–Crippen LogP) is 5.74. The first-order valence-corrected chi connectivity index (χ1v) is 8.02. The second-order valence-electron chi connectivity index (χ2n) is 6.30. The molecule has 3 aromatic carbocycles. The lowest BCUT2D eigenvalue weighted by Crippen LogP contribution is -2.05. The zero-order valence-corrected chi connectivity index (χ0v) is 13.2. The van der Waals surface area contributed by atoms with Gasteiger partial charge in [0, 0.05) is 0 Å².